The van der Waals surface area contributed by atoms with Crippen molar-refractivity contribution in [2.75, 3.05) is 0 Å². The maximum Gasteiger partial charge on any atom is 0.0824 e. The average Bonchev–Trinajstić information content (AvgIpc) is 2.54. The standard InChI is InChI=1S/C13H14BrClN2/c1-8(2)12-11(14)13(17(3)16-12)9-5-4-6-10(15)7-9/h4-8H,1-3H3. The second-order valence-corrected chi connectivity index (χ2v) is 5.57. The molecule has 0 aliphatic heterocycles. The fourth-order valence-electron chi connectivity index (χ4n) is 1.84. The lowest BCUT2D eigenvalue weighted by molar-refractivity contribution is 0.717. The topological polar surface area (TPSA) is 17.8 Å². The summed E-state index contributed by atoms with van der Waals surface area (Å²) in [6.07, 6.45) is 0. The van der Waals surface area contributed by atoms with Gasteiger partial charge in [-0.3, -0.25) is 4.68 Å². The third-order valence-corrected chi connectivity index (χ3v) is 3.68. The van der Waals surface area contributed by atoms with E-state index >= 15 is 0 Å². The Morgan fingerprint density at radius 1 is 1.35 bits per heavy atom. The maximum atomic E-state index is 6.02. The molecule has 17 heavy (non-hydrogen) atoms. The first kappa shape index (κ1) is 12.7. The van der Waals surface area contributed by atoms with E-state index in [-0.39, 0.29) is 0 Å². The molecule has 0 unspecified atom stereocenters. The van der Waals surface area contributed by atoms with Gasteiger partial charge < -0.3 is 0 Å². The zero-order valence-corrected chi connectivity index (χ0v) is 12.4. The molecule has 4 heteroatoms. The summed E-state index contributed by atoms with van der Waals surface area (Å²) >= 11 is 9.66. The van der Waals surface area contributed by atoms with Gasteiger partial charge in [0.05, 0.1) is 15.9 Å². The highest BCUT2D eigenvalue weighted by molar-refractivity contribution is 9.10. The molecule has 90 valence electrons. The van der Waals surface area contributed by atoms with Crippen LogP contribution in [0.15, 0.2) is 28.7 Å². The Balaban J connectivity index is 2.60. The maximum absolute atomic E-state index is 6.02. The van der Waals surface area contributed by atoms with Crippen molar-refractivity contribution in [3.63, 3.8) is 0 Å². The molecule has 0 radical (unpaired) electrons. The molecule has 1 aromatic carbocycles. The monoisotopic (exact) mass is 312 g/mol. The zero-order valence-electron chi connectivity index (χ0n) is 10.0. The second-order valence-electron chi connectivity index (χ2n) is 4.34. The quantitative estimate of drug-likeness (QED) is 0.790. The number of aromatic nitrogens is 2. The van der Waals surface area contributed by atoms with Gasteiger partial charge in [0, 0.05) is 17.6 Å². The molecule has 2 aromatic rings. The van der Waals surface area contributed by atoms with Crippen molar-refractivity contribution in [3.05, 3.63) is 39.5 Å². The number of hydrogen-bond donors (Lipinski definition) is 0. The van der Waals surface area contributed by atoms with Crippen molar-refractivity contribution >= 4 is 27.5 Å². The third kappa shape index (κ3) is 2.40. The molecule has 0 saturated carbocycles. The van der Waals surface area contributed by atoms with E-state index in [1.165, 1.54) is 0 Å². The molecule has 2 rings (SSSR count). The predicted molar refractivity (Wildman–Crippen MR) is 75.4 cm³/mol. The molecule has 0 spiro atoms. The Morgan fingerprint density at radius 3 is 2.59 bits per heavy atom. The molecule has 0 aliphatic rings. The molecular weight excluding hydrogens is 300 g/mol. The minimum absolute atomic E-state index is 0.392. The number of nitrogens with zero attached hydrogens (tertiary/aromatic N) is 2. The van der Waals surface area contributed by atoms with E-state index < -0.39 is 0 Å². The van der Waals surface area contributed by atoms with E-state index in [4.69, 9.17) is 11.6 Å². The molecule has 0 bridgehead atoms. The first-order valence-corrected chi connectivity index (χ1v) is 6.66. The molecule has 0 saturated heterocycles. The fraction of sp³-hybridized carbons (Fsp3) is 0.308. The van der Waals surface area contributed by atoms with Crippen LogP contribution in [0.3, 0.4) is 0 Å². The molecule has 2 nitrogen and oxygen atoms in total. The van der Waals surface area contributed by atoms with Crippen LogP contribution in [0, 0.1) is 0 Å². The van der Waals surface area contributed by atoms with Gasteiger partial charge in [-0.1, -0.05) is 37.6 Å². The summed E-state index contributed by atoms with van der Waals surface area (Å²) in [6, 6.07) is 7.82. The molecule has 0 amide bonds. The minimum Gasteiger partial charge on any atom is -0.266 e. The zero-order chi connectivity index (χ0) is 12.6. The number of aryl methyl sites for hydroxylation is 1. The van der Waals surface area contributed by atoms with Crippen LogP contribution in [-0.4, -0.2) is 9.78 Å². The Labute approximate surface area is 115 Å². The van der Waals surface area contributed by atoms with Crippen LogP contribution in [0.4, 0.5) is 0 Å². The van der Waals surface area contributed by atoms with E-state index in [1.807, 2.05) is 36.0 Å². The molecular formula is C13H14BrClN2. The van der Waals surface area contributed by atoms with Crippen LogP contribution in [0.2, 0.25) is 5.02 Å². The van der Waals surface area contributed by atoms with Crippen LogP contribution in [-0.2, 0) is 7.05 Å². The SMILES string of the molecule is CC(C)c1nn(C)c(-c2cccc(Cl)c2)c1Br. The second kappa shape index (κ2) is 4.83. The number of halogens is 2. The van der Waals surface area contributed by atoms with Crippen molar-refractivity contribution in [1.82, 2.24) is 9.78 Å². The Hall–Kier alpha value is -0.800. The first-order chi connectivity index (χ1) is 8.00. The largest absolute Gasteiger partial charge is 0.266 e. The molecule has 0 atom stereocenters. The van der Waals surface area contributed by atoms with E-state index in [2.05, 4.69) is 34.9 Å². The predicted octanol–water partition coefficient (Wildman–Crippen LogP) is 4.63. The van der Waals surface area contributed by atoms with Crippen molar-refractivity contribution in [1.29, 1.82) is 0 Å². The lowest BCUT2D eigenvalue weighted by Crippen LogP contribution is -1.95. The average molecular weight is 314 g/mol. The van der Waals surface area contributed by atoms with Gasteiger partial charge in [0.15, 0.2) is 0 Å². The van der Waals surface area contributed by atoms with Gasteiger partial charge in [0.25, 0.3) is 0 Å². The first-order valence-electron chi connectivity index (χ1n) is 5.49. The normalized spacial score (nSPS) is 11.2. The van der Waals surface area contributed by atoms with Crippen molar-refractivity contribution in [2.24, 2.45) is 7.05 Å². The van der Waals surface area contributed by atoms with E-state index in [1.54, 1.807) is 0 Å². The van der Waals surface area contributed by atoms with Gasteiger partial charge in [0.2, 0.25) is 0 Å². The van der Waals surface area contributed by atoms with Crippen LogP contribution in [0.5, 0.6) is 0 Å². The summed E-state index contributed by atoms with van der Waals surface area (Å²) in [5, 5.41) is 5.28. The van der Waals surface area contributed by atoms with Gasteiger partial charge in [-0.15, -0.1) is 0 Å². The summed E-state index contributed by atoms with van der Waals surface area (Å²) in [4.78, 5) is 0. The summed E-state index contributed by atoms with van der Waals surface area (Å²) in [5.74, 6) is 0.392. The molecule has 0 aliphatic carbocycles. The molecule has 0 N–H and O–H groups in total. The van der Waals surface area contributed by atoms with Crippen LogP contribution in [0.1, 0.15) is 25.5 Å². The van der Waals surface area contributed by atoms with Gasteiger partial charge >= 0.3 is 0 Å². The van der Waals surface area contributed by atoms with Crippen molar-refractivity contribution in [3.8, 4) is 11.3 Å². The third-order valence-electron chi connectivity index (χ3n) is 2.66. The minimum atomic E-state index is 0.392. The van der Waals surface area contributed by atoms with Crippen LogP contribution >= 0.6 is 27.5 Å². The molecule has 0 fully saturated rings. The van der Waals surface area contributed by atoms with Gasteiger partial charge in [0.1, 0.15) is 0 Å². The van der Waals surface area contributed by atoms with Gasteiger partial charge in [-0.05, 0) is 34.0 Å². The Bertz CT molecular complexity index is 546. The van der Waals surface area contributed by atoms with E-state index in [9.17, 15) is 0 Å². The summed E-state index contributed by atoms with van der Waals surface area (Å²) in [7, 11) is 1.95. The molecule has 1 heterocycles. The Kier molecular flexibility index (Phi) is 3.59. The van der Waals surface area contributed by atoms with Crippen LogP contribution in [0.25, 0.3) is 11.3 Å². The van der Waals surface area contributed by atoms with Crippen molar-refractivity contribution in [2.45, 2.75) is 19.8 Å². The Morgan fingerprint density at radius 2 is 2.06 bits per heavy atom. The lowest BCUT2D eigenvalue weighted by atomic mass is 10.1. The van der Waals surface area contributed by atoms with Crippen LogP contribution < -0.4 is 0 Å². The highest BCUT2D eigenvalue weighted by Crippen LogP contribution is 2.34. The lowest BCUT2D eigenvalue weighted by Gasteiger charge is -2.03. The van der Waals surface area contributed by atoms with E-state index in [0.717, 1.165) is 26.4 Å². The summed E-state index contributed by atoms with van der Waals surface area (Å²) in [5.41, 5.74) is 3.21. The van der Waals surface area contributed by atoms with Crippen molar-refractivity contribution < 1.29 is 0 Å². The van der Waals surface area contributed by atoms with Gasteiger partial charge in [-0.2, -0.15) is 5.10 Å². The fourth-order valence-corrected chi connectivity index (χ4v) is 3.05. The number of benzene rings is 1. The smallest absolute Gasteiger partial charge is 0.0824 e. The molecule has 1 aromatic heterocycles. The number of hydrogen-bond acceptors (Lipinski definition) is 1. The highest BCUT2D eigenvalue weighted by atomic mass is 79.9. The number of rotatable bonds is 2. The van der Waals surface area contributed by atoms with Gasteiger partial charge in [-0.25, -0.2) is 0 Å². The van der Waals surface area contributed by atoms with E-state index in [0.29, 0.717) is 5.92 Å². The highest BCUT2D eigenvalue weighted by Gasteiger charge is 2.17. The summed E-state index contributed by atoms with van der Waals surface area (Å²) < 4.78 is 2.95. The summed E-state index contributed by atoms with van der Waals surface area (Å²) in [6.45, 7) is 4.27.